The Bertz CT molecular complexity index is 1190. The monoisotopic (exact) mass is 403 g/mol. The Balaban J connectivity index is 1.51. The smallest absolute Gasteiger partial charge is 0.149 e. The number of allylic oxidation sites excluding steroid dienone is 1. The van der Waals surface area contributed by atoms with Crippen molar-refractivity contribution in [3.05, 3.63) is 94.5 Å². The molecular formula is C23H15ClFN3O. The van der Waals surface area contributed by atoms with Crippen LogP contribution in [0.5, 0.6) is 5.75 Å². The van der Waals surface area contributed by atoms with Crippen molar-refractivity contribution < 1.29 is 9.13 Å². The minimum absolute atomic E-state index is 0.0309. The Morgan fingerprint density at radius 1 is 1.10 bits per heavy atom. The van der Waals surface area contributed by atoms with Crippen LogP contribution in [0, 0.1) is 17.1 Å². The summed E-state index contributed by atoms with van der Waals surface area (Å²) in [6.45, 7) is 0.0309. The number of nitriles is 1. The number of ether oxygens (including phenoxy) is 1. The van der Waals surface area contributed by atoms with Crippen molar-refractivity contribution in [2.24, 2.45) is 0 Å². The van der Waals surface area contributed by atoms with E-state index in [2.05, 4.69) is 16.0 Å². The third-order valence-corrected chi connectivity index (χ3v) is 4.76. The van der Waals surface area contributed by atoms with Crippen LogP contribution >= 0.6 is 11.6 Å². The van der Waals surface area contributed by atoms with Crippen LogP contribution in [-0.2, 0) is 6.61 Å². The summed E-state index contributed by atoms with van der Waals surface area (Å²) in [4.78, 5) is 7.61. The van der Waals surface area contributed by atoms with Gasteiger partial charge in [0.25, 0.3) is 0 Å². The molecule has 142 valence electrons. The Morgan fingerprint density at radius 3 is 2.62 bits per heavy atom. The van der Waals surface area contributed by atoms with E-state index in [0.29, 0.717) is 27.7 Å². The number of rotatable bonds is 5. The number of aromatic nitrogens is 2. The van der Waals surface area contributed by atoms with Gasteiger partial charge in [0, 0.05) is 5.56 Å². The first-order chi connectivity index (χ1) is 14.1. The van der Waals surface area contributed by atoms with Crippen molar-refractivity contribution in [2.45, 2.75) is 6.61 Å². The molecule has 0 amide bonds. The first-order valence-corrected chi connectivity index (χ1v) is 9.24. The zero-order valence-electron chi connectivity index (χ0n) is 15.2. The molecule has 3 aromatic carbocycles. The van der Waals surface area contributed by atoms with Gasteiger partial charge >= 0.3 is 0 Å². The molecular weight excluding hydrogens is 389 g/mol. The van der Waals surface area contributed by atoms with Gasteiger partial charge < -0.3 is 9.72 Å². The number of benzene rings is 3. The molecule has 29 heavy (non-hydrogen) atoms. The van der Waals surface area contributed by atoms with E-state index in [1.54, 1.807) is 30.3 Å². The van der Waals surface area contributed by atoms with Gasteiger partial charge in [0.05, 0.1) is 21.6 Å². The molecule has 0 aliphatic rings. The second-order valence-electron chi connectivity index (χ2n) is 6.33. The molecule has 0 unspecified atom stereocenters. The maximum atomic E-state index is 13.8. The summed E-state index contributed by atoms with van der Waals surface area (Å²) >= 11 is 6.01. The van der Waals surface area contributed by atoms with Gasteiger partial charge in [-0.3, -0.25) is 0 Å². The fourth-order valence-corrected chi connectivity index (χ4v) is 3.10. The van der Waals surface area contributed by atoms with Crippen LogP contribution in [0.2, 0.25) is 5.02 Å². The number of imidazole rings is 1. The molecule has 0 aliphatic carbocycles. The molecule has 0 spiro atoms. The predicted octanol–water partition coefficient (Wildman–Crippen LogP) is 6.00. The minimum Gasteiger partial charge on any atom is -0.489 e. The second kappa shape index (κ2) is 8.17. The van der Waals surface area contributed by atoms with Crippen molar-refractivity contribution in [3.63, 3.8) is 0 Å². The standard InChI is InChI=1S/C23H15ClFN3O/c24-19-4-3-5-20(25)18(19)14-29-17-10-8-15(9-11-17)12-16(13-26)23-27-21-6-1-2-7-22(21)28-23/h1-12H,14H2,(H,27,28). The Hall–Kier alpha value is -3.62. The number of H-pyrrole nitrogens is 1. The fourth-order valence-electron chi connectivity index (χ4n) is 2.89. The number of aromatic amines is 1. The lowest BCUT2D eigenvalue weighted by Gasteiger charge is -2.09. The number of nitrogens with zero attached hydrogens (tertiary/aromatic N) is 2. The van der Waals surface area contributed by atoms with Crippen LogP contribution in [0.1, 0.15) is 17.0 Å². The maximum Gasteiger partial charge on any atom is 0.149 e. The average Bonchev–Trinajstić information content (AvgIpc) is 3.16. The van der Waals surface area contributed by atoms with Crippen molar-refractivity contribution in [1.29, 1.82) is 5.26 Å². The van der Waals surface area contributed by atoms with Crippen LogP contribution in [0.15, 0.2) is 66.7 Å². The molecule has 4 rings (SSSR count). The lowest BCUT2D eigenvalue weighted by molar-refractivity contribution is 0.300. The Labute approximate surface area is 171 Å². The number of para-hydroxylation sites is 2. The molecule has 0 fully saturated rings. The van der Waals surface area contributed by atoms with Crippen LogP contribution in [0.3, 0.4) is 0 Å². The summed E-state index contributed by atoms with van der Waals surface area (Å²) < 4.78 is 19.5. The topological polar surface area (TPSA) is 61.7 Å². The van der Waals surface area contributed by atoms with Crippen molar-refractivity contribution in [2.75, 3.05) is 0 Å². The van der Waals surface area contributed by atoms with E-state index in [-0.39, 0.29) is 6.61 Å². The molecule has 1 heterocycles. The van der Waals surface area contributed by atoms with Gasteiger partial charge in [-0.15, -0.1) is 0 Å². The Morgan fingerprint density at radius 2 is 1.90 bits per heavy atom. The average molecular weight is 404 g/mol. The maximum absolute atomic E-state index is 13.8. The molecule has 4 aromatic rings. The molecule has 1 aromatic heterocycles. The number of hydrogen-bond acceptors (Lipinski definition) is 3. The van der Waals surface area contributed by atoms with Gasteiger partial charge in [0.1, 0.15) is 30.1 Å². The zero-order valence-corrected chi connectivity index (χ0v) is 15.9. The summed E-state index contributed by atoms with van der Waals surface area (Å²) in [6.07, 6.45) is 1.75. The largest absolute Gasteiger partial charge is 0.489 e. The highest BCUT2D eigenvalue weighted by Gasteiger charge is 2.09. The van der Waals surface area contributed by atoms with Crippen molar-refractivity contribution in [3.8, 4) is 11.8 Å². The minimum atomic E-state index is -0.401. The highest BCUT2D eigenvalue weighted by Crippen LogP contribution is 2.23. The first kappa shape index (κ1) is 18.7. The van der Waals surface area contributed by atoms with Gasteiger partial charge in [0.2, 0.25) is 0 Å². The number of halogens is 2. The van der Waals surface area contributed by atoms with E-state index < -0.39 is 5.82 Å². The summed E-state index contributed by atoms with van der Waals surface area (Å²) in [5.74, 6) is 0.688. The molecule has 0 saturated heterocycles. The van der Waals surface area contributed by atoms with Crippen molar-refractivity contribution >= 4 is 34.3 Å². The van der Waals surface area contributed by atoms with E-state index in [4.69, 9.17) is 16.3 Å². The van der Waals surface area contributed by atoms with Gasteiger partial charge in [-0.1, -0.05) is 41.9 Å². The van der Waals surface area contributed by atoms with E-state index in [1.165, 1.54) is 6.07 Å². The van der Waals surface area contributed by atoms with E-state index >= 15 is 0 Å². The van der Waals surface area contributed by atoms with Gasteiger partial charge in [-0.2, -0.15) is 5.26 Å². The number of nitrogens with one attached hydrogen (secondary N) is 1. The summed E-state index contributed by atoms with van der Waals surface area (Å²) in [5.41, 5.74) is 3.24. The zero-order chi connectivity index (χ0) is 20.2. The highest BCUT2D eigenvalue weighted by atomic mass is 35.5. The summed E-state index contributed by atoms with van der Waals surface area (Å²) in [5, 5.41) is 9.86. The Kier molecular flexibility index (Phi) is 5.28. The van der Waals surface area contributed by atoms with Crippen LogP contribution in [0.4, 0.5) is 4.39 Å². The molecule has 0 saturated carbocycles. The number of fused-ring (bicyclic) bond motifs is 1. The quantitative estimate of drug-likeness (QED) is 0.416. The number of hydrogen-bond donors (Lipinski definition) is 1. The van der Waals surface area contributed by atoms with Crippen molar-refractivity contribution in [1.82, 2.24) is 9.97 Å². The third-order valence-electron chi connectivity index (χ3n) is 4.40. The van der Waals surface area contributed by atoms with Crippen LogP contribution in [-0.4, -0.2) is 9.97 Å². The fraction of sp³-hybridized carbons (Fsp3) is 0.0435. The SMILES string of the molecule is N#CC(=Cc1ccc(OCc2c(F)cccc2Cl)cc1)c1nc2ccccc2[nH]1. The van der Waals surface area contributed by atoms with Gasteiger partial charge in [0.15, 0.2) is 0 Å². The predicted molar refractivity (Wildman–Crippen MR) is 112 cm³/mol. The molecule has 1 N–H and O–H groups in total. The summed E-state index contributed by atoms with van der Waals surface area (Å²) in [6, 6.07) is 21.5. The molecule has 4 nitrogen and oxygen atoms in total. The highest BCUT2D eigenvalue weighted by molar-refractivity contribution is 6.31. The van der Waals surface area contributed by atoms with E-state index in [9.17, 15) is 9.65 Å². The third kappa shape index (κ3) is 4.13. The van der Waals surface area contributed by atoms with Crippen LogP contribution in [0.25, 0.3) is 22.7 Å². The van der Waals surface area contributed by atoms with E-state index in [0.717, 1.165) is 16.6 Å². The van der Waals surface area contributed by atoms with Gasteiger partial charge in [-0.25, -0.2) is 9.37 Å². The summed E-state index contributed by atoms with van der Waals surface area (Å²) in [7, 11) is 0. The normalized spacial score (nSPS) is 11.4. The van der Waals surface area contributed by atoms with Gasteiger partial charge in [-0.05, 0) is 48.0 Å². The lowest BCUT2D eigenvalue weighted by Crippen LogP contribution is -1.99. The molecule has 6 heteroatoms. The molecule has 0 radical (unpaired) electrons. The molecule has 0 bridgehead atoms. The van der Waals surface area contributed by atoms with E-state index in [1.807, 2.05) is 36.4 Å². The second-order valence-corrected chi connectivity index (χ2v) is 6.74. The lowest BCUT2D eigenvalue weighted by atomic mass is 10.1. The molecule has 0 aliphatic heterocycles. The van der Waals surface area contributed by atoms with Crippen LogP contribution < -0.4 is 4.74 Å². The molecule has 0 atom stereocenters. The first-order valence-electron chi connectivity index (χ1n) is 8.87.